The van der Waals surface area contributed by atoms with Crippen LogP contribution in [0, 0.1) is 13.8 Å². The highest BCUT2D eigenvalue weighted by Crippen LogP contribution is 2.21. The second-order valence-corrected chi connectivity index (χ2v) is 5.48. The van der Waals surface area contributed by atoms with Crippen molar-refractivity contribution in [2.24, 2.45) is 7.05 Å². The zero-order valence-corrected chi connectivity index (χ0v) is 13.5. The Morgan fingerprint density at radius 3 is 2.58 bits per heavy atom. The Bertz CT molecular complexity index is 570. The lowest BCUT2D eigenvalue weighted by atomic mass is 10.2. The third-order valence-corrected chi connectivity index (χ3v) is 4.22. The van der Waals surface area contributed by atoms with Crippen molar-refractivity contribution in [2.75, 3.05) is 6.54 Å². The third-order valence-electron chi connectivity index (χ3n) is 3.19. The van der Waals surface area contributed by atoms with Crippen molar-refractivity contribution in [3.8, 4) is 0 Å². The second kappa shape index (κ2) is 5.88. The summed E-state index contributed by atoms with van der Waals surface area (Å²) in [4.78, 5) is 0. The van der Waals surface area contributed by atoms with Gasteiger partial charge in [-0.25, -0.2) is 0 Å². The highest BCUT2D eigenvalue weighted by Gasteiger charge is 2.12. The van der Waals surface area contributed by atoms with Crippen LogP contribution in [0.4, 0.5) is 0 Å². The third kappa shape index (κ3) is 3.06. The van der Waals surface area contributed by atoms with Crippen molar-refractivity contribution in [1.82, 2.24) is 24.9 Å². The molecule has 2 aromatic rings. The van der Waals surface area contributed by atoms with Crippen molar-refractivity contribution in [3.05, 3.63) is 33.3 Å². The second-order valence-electron chi connectivity index (χ2n) is 4.69. The molecular weight excluding hydrogens is 306 g/mol. The smallest absolute Gasteiger partial charge is 0.0839 e. The predicted octanol–water partition coefficient (Wildman–Crippen LogP) is 2.15. The fourth-order valence-electron chi connectivity index (χ4n) is 2.08. The van der Waals surface area contributed by atoms with Crippen LogP contribution in [0.1, 0.15) is 29.6 Å². The first-order valence-electron chi connectivity index (χ1n) is 6.44. The molecule has 0 aliphatic carbocycles. The minimum atomic E-state index is 0.727. The molecule has 0 aliphatic heterocycles. The summed E-state index contributed by atoms with van der Waals surface area (Å²) >= 11 is 3.59. The SMILES string of the molecule is CCNCc1cn(Cc2c(Br)c(C)nn2C)nc1C. The van der Waals surface area contributed by atoms with Gasteiger partial charge in [0.2, 0.25) is 0 Å². The summed E-state index contributed by atoms with van der Waals surface area (Å²) in [5, 5.41) is 12.3. The molecule has 0 amide bonds. The van der Waals surface area contributed by atoms with E-state index in [1.54, 1.807) is 0 Å². The molecule has 0 unspecified atom stereocenters. The Kier molecular flexibility index (Phi) is 4.42. The van der Waals surface area contributed by atoms with Crippen LogP contribution in [-0.4, -0.2) is 26.1 Å². The molecular formula is C13H20BrN5. The molecule has 2 heterocycles. The summed E-state index contributed by atoms with van der Waals surface area (Å²) in [6, 6.07) is 0. The van der Waals surface area contributed by atoms with E-state index in [4.69, 9.17) is 0 Å². The number of nitrogens with one attached hydrogen (secondary N) is 1. The molecule has 2 aromatic heterocycles. The van der Waals surface area contributed by atoms with E-state index in [1.807, 2.05) is 30.3 Å². The van der Waals surface area contributed by atoms with Crippen LogP contribution in [0.25, 0.3) is 0 Å². The summed E-state index contributed by atoms with van der Waals surface area (Å²) in [6.45, 7) is 8.72. The summed E-state index contributed by atoms with van der Waals surface area (Å²) < 4.78 is 4.94. The molecule has 19 heavy (non-hydrogen) atoms. The lowest BCUT2D eigenvalue weighted by molar-refractivity contribution is 0.613. The highest BCUT2D eigenvalue weighted by atomic mass is 79.9. The van der Waals surface area contributed by atoms with E-state index in [2.05, 4.69) is 44.6 Å². The van der Waals surface area contributed by atoms with Gasteiger partial charge in [0, 0.05) is 25.4 Å². The van der Waals surface area contributed by atoms with E-state index < -0.39 is 0 Å². The van der Waals surface area contributed by atoms with Crippen LogP contribution >= 0.6 is 15.9 Å². The van der Waals surface area contributed by atoms with Crippen LogP contribution in [0.2, 0.25) is 0 Å². The van der Waals surface area contributed by atoms with Gasteiger partial charge in [-0.2, -0.15) is 10.2 Å². The Morgan fingerprint density at radius 2 is 2.00 bits per heavy atom. The Labute approximate surface area is 122 Å². The van der Waals surface area contributed by atoms with E-state index in [-0.39, 0.29) is 0 Å². The molecule has 104 valence electrons. The first-order chi connectivity index (χ1) is 9.02. The first kappa shape index (κ1) is 14.3. The zero-order valence-electron chi connectivity index (χ0n) is 11.9. The fourth-order valence-corrected chi connectivity index (χ4v) is 2.54. The van der Waals surface area contributed by atoms with E-state index in [9.17, 15) is 0 Å². The number of hydrogen-bond acceptors (Lipinski definition) is 3. The average Bonchev–Trinajstić information content (AvgIpc) is 2.82. The first-order valence-corrected chi connectivity index (χ1v) is 7.23. The van der Waals surface area contributed by atoms with E-state index in [1.165, 1.54) is 5.56 Å². The summed E-state index contributed by atoms with van der Waals surface area (Å²) in [5.74, 6) is 0. The van der Waals surface area contributed by atoms with Crippen LogP contribution in [0.5, 0.6) is 0 Å². The molecule has 2 rings (SSSR count). The molecule has 1 N–H and O–H groups in total. The number of rotatable bonds is 5. The lowest BCUT2D eigenvalue weighted by Crippen LogP contribution is -2.11. The molecule has 5 nitrogen and oxygen atoms in total. The summed E-state index contributed by atoms with van der Waals surface area (Å²) in [5.41, 5.74) is 4.47. The topological polar surface area (TPSA) is 47.7 Å². The van der Waals surface area contributed by atoms with E-state index in [0.29, 0.717) is 0 Å². The quantitative estimate of drug-likeness (QED) is 0.916. The van der Waals surface area contributed by atoms with Crippen molar-refractivity contribution < 1.29 is 0 Å². The molecule has 0 aliphatic rings. The Morgan fingerprint density at radius 1 is 1.26 bits per heavy atom. The van der Waals surface area contributed by atoms with Gasteiger partial charge >= 0.3 is 0 Å². The molecule has 0 bridgehead atoms. The van der Waals surface area contributed by atoms with Crippen LogP contribution < -0.4 is 5.32 Å². The fraction of sp³-hybridized carbons (Fsp3) is 0.538. The van der Waals surface area contributed by atoms with Gasteiger partial charge in [-0.05, 0) is 36.3 Å². The van der Waals surface area contributed by atoms with Gasteiger partial charge in [0.15, 0.2) is 0 Å². The molecule has 0 fully saturated rings. The average molecular weight is 326 g/mol. The Hall–Kier alpha value is -1.14. The molecule has 0 radical (unpaired) electrons. The van der Waals surface area contributed by atoms with Gasteiger partial charge in [-0.3, -0.25) is 9.36 Å². The van der Waals surface area contributed by atoms with Crippen LogP contribution in [-0.2, 0) is 20.1 Å². The lowest BCUT2D eigenvalue weighted by Gasteiger charge is -2.03. The number of hydrogen-bond donors (Lipinski definition) is 1. The predicted molar refractivity (Wildman–Crippen MR) is 79.1 cm³/mol. The van der Waals surface area contributed by atoms with Gasteiger partial charge in [0.05, 0.1) is 28.1 Å². The molecule has 0 saturated carbocycles. The summed E-state index contributed by atoms with van der Waals surface area (Å²) in [7, 11) is 1.96. The van der Waals surface area contributed by atoms with Crippen molar-refractivity contribution in [1.29, 1.82) is 0 Å². The monoisotopic (exact) mass is 325 g/mol. The van der Waals surface area contributed by atoms with Crippen molar-refractivity contribution in [3.63, 3.8) is 0 Å². The maximum absolute atomic E-state index is 4.57. The van der Waals surface area contributed by atoms with Gasteiger partial charge in [0.25, 0.3) is 0 Å². The molecule has 0 atom stereocenters. The minimum Gasteiger partial charge on any atom is -0.313 e. The molecule has 0 saturated heterocycles. The molecule has 0 aromatic carbocycles. The standard InChI is InChI=1S/C13H20BrN5/c1-5-15-6-11-7-19(17-9(11)2)8-12-13(14)10(3)16-18(12)4/h7,15H,5-6,8H2,1-4H3. The number of halogens is 1. The normalized spacial score (nSPS) is 11.2. The molecule has 6 heteroatoms. The largest absolute Gasteiger partial charge is 0.313 e. The van der Waals surface area contributed by atoms with Crippen molar-refractivity contribution in [2.45, 2.75) is 33.9 Å². The zero-order chi connectivity index (χ0) is 14.0. The Balaban J connectivity index is 2.19. The molecule has 0 spiro atoms. The van der Waals surface area contributed by atoms with Crippen molar-refractivity contribution >= 4 is 15.9 Å². The minimum absolute atomic E-state index is 0.727. The van der Waals surface area contributed by atoms with Gasteiger partial charge in [-0.15, -0.1) is 0 Å². The number of nitrogens with zero attached hydrogens (tertiary/aromatic N) is 4. The van der Waals surface area contributed by atoms with Gasteiger partial charge < -0.3 is 5.32 Å². The van der Waals surface area contributed by atoms with Gasteiger partial charge in [-0.1, -0.05) is 6.92 Å². The highest BCUT2D eigenvalue weighted by molar-refractivity contribution is 9.10. The maximum Gasteiger partial charge on any atom is 0.0839 e. The number of aryl methyl sites for hydroxylation is 3. The van der Waals surface area contributed by atoms with E-state index >= 15 is 0 Å². The van der Waals surface area contributed by atoms with E-state index in [0.717, 1.165) is 41.2 Å². The van der Waals surface area contributed by atoms with Crippen LogP contribution in [0.3, 0.4) is 0 Å². The maximum atomic E-state index is 4.57. The number of aromatic nitrogens is 4. The van der Waals surface area contributed by atoms with Gasteiger partial charge in [0.1, 0.15) is 0 Å². The summed E-state index contributed by atoms with van der Waals surface area (Å²) in [6.07, 6.45) is 2.10. The van der Waals surface area contributed by atoms with Crippen LogP contribution in [0.15, 0.2) is 10.7 Å².